The monoisotopic (exact) mass is 349 g/mol. The number of nitrogens with zero attached hydrogens (tertiary/aromatic N) is 1. The Morgan fingerprint density at radius 3 is 2.46 bits per heavy atom. The maximum atomic E-state index is 12.5. The number of Topliss-reactive ketones (excluding diaryl/α,β-unsaturated/α-hetero) is 1. The molecule has 1 heterocycles. The van der Waals surface area contributed by atoms with E-state index >= 15 is 0 Å². The predicted molar refractivity (Wildman–Crippen MR) is 102 cm³/mol. The third-order valence-electron chi connectivity index (χ3n) is 4.75. The van der Waals surface area contributed by atoms with Crippen LogP contribution in [0, 0.1) is 5.92 Å². The molecule has 1 aliphatic rings. The average molecular weight is 349 g/mol. The molecule has 4 heteroatoms. The molecule has 0 bridgehead atoms. The van der Waals surface area contributed by atoms with E-state index in [-0.39, 0.29) is 17.6 Å². The topological polar surface area (TPSA) is 46.6 Å². The second-order valence-corrected chi connectivity index (χ2v) is 6.44. The number of carbonyl (C=O) groups is 2. The van der Waals surface area contributed by atoms with Gasteiger partial charge in [-0.25, -0.2) is 0 Å². The minimum Gasteiger partial charge on any atom is -0.497 e. The minimum atomic E-state index is -0.0153. The fraction of sp³-hybridized carbons (Fsp3) is 0.273. The summed E-state index contributed by atoms with van der Waals surface area (Å²) in [7, 11) is 1.62. The van der Waals surface area contributed by atoms with Gasteiger partial charge in [0.1, 0.15) is 5.75 Å². The van der Waals surface area contributed by atoms with Crippen LogP contribution in [0.4, 0.5) is 0 Å². The van der Waals surface area contributed by atoms with Crippen LogP contribution in [0.1, 0.15) is 28.8 Å². The Morgan fingerprint density at radius 2 is 1.77 bits per heavy atom. The highest BCUT2D eigenvalue weighted by molar-refractivity contribution is 5.98. The zero-order valence-electron chi connectivity index (χ0n) is 14.9. The summed E-state index contributed by atoms with van der Waals surface area (Å²) in [4.78, 5) is 26.7. The van der Waals surface area contributed by atoms with Gasteiger partial charge in [-0.05, 0) is 36.6 Å². The highest BCUT2D eigenvalue weighted by atomic mass is 16.5. The van der Waals surface area contributed by atoms with E-state index < -0.39 is 0 Å². The molecule has 0 saturated carbocycles. The number of rotatable bonds is 5. The van der Waals surface area contributed by atoms with E-state index in [0.717, 1.165) is 16.9 Å². The van der Waals surface area contributed by atoms with E-state index in [1.165, 1.54) is 0 Å². The highest BCUT2D eigenvalue weighted by Crippen LogP contribution is 2.22. The molecular weight excluding hydrogens is 326 g/mol. The first-order valence-electron chi connectivity index (χ1n) is 8.87. The second kappa shape index (κ2) is 8.48. The van der Waals surface area contributed by atoms with Crippen molar-refractivity contribution in [3.8, 4) is 5.75 Å². The maximum absolute atomic E-state index is 12.5. The molecule has 3 rings (SSSR count). The summed E-state index contributed by atoms with van der Waals surface area (Å²) in [5, 5.41) is 0. The van der Waals surface area contributed by atoms with Crippen LogP contribution < -0.4 is 4.74 Å². The van der Waals surface area contributed by atoms with Gasteiger partial charge in [-0.2, -0.15) is 0 Å². The highest BCUT2D eigenvalue weighted by Gasteiger charge is 2.27. The maximum Gasteiger partial charge on any atom is 0.246 e. The SMILES string of the molecule is COc1cccc(/C=C/C(=O)N2CCC(C(=O)c3ccccc3)CC2)c1. The summed E-state index contributed by atoms with van der Waals surface area (Å²) >= 11 is 0. The van der Waals surface area contributed by atoms with E-state index in [4.69, 9.17) is 4.74 Å². The van der Waals surface area contributed by atoms with E-state index in [2.05, 4.69) is 0 Å². The number of benzene rings is 2. The molecular formula is C22H23NO3. The van der Waals surface area contributed by atoms with Gasteiger partial charge in [0.05, 0.1) is 7.11 Å². The van der Waals surface area contributed by atoms with Crippen molar-refractivity contribution in [2.45, 2.75) is 12.8 Å². The summed E-state index contributed by atoms with van der Waals surface area (Å²) in [5.74, 6) is 0.937. The van der Waals surface area contributed by atoms with Crippen molar-refractivity contribution in [2.24, 2.45) is 5.92 Å². The van der Waals surface area contributed by atoms with Crippen LogP contribution in [-0.4, -0.2) is 36.8 Å². The molecule has 0 unspecified atom stereocenters. The van der Waals surface area contributed by atoms with E-state index in [1.807, 2.05) is 59.5 Å². The zero-order chi connectivity index (χ0) is 18.4. The number of ketones is 1. The first-order chi connectivity index (χ1) is 12.7. The third-order valence-corrected chi connectivity index (χ3v) is 4.75. The van der Waals surface area contributed by atoms with Crippen molar-refractivity contribution in [1.82, 2.24) is 4.90 Å². The lowest BCUT2D eigenvalue weighted by molar-refractivity contribution is -0.127. The normalized spacial score (nSPS) is 15.2. The summed E-state index contributed by atoms with van der Waals surface area (Å²) in [6.45, 7) is 1.23. The second-order valence-electron chi connectivity index (χ2n) is 6.44. The van der Waals surface area contributed by atoms with Crippen LogP contribution in [0.5, 0.6) is 5.75 Å². The van der Waals surface area contributed by atoms with Crippen molar-refractivity contribution < 1.29 is 14.3 Å². The van der Waals surface area contributed by atoms with Gasteiger partial charge in [-0.1, -0.05) is 42.5 Å². The Labute approximate surface area is 154 Å². The van der Waals surface area contributed by atoms with Crippen molar-refractivity contribution in [1.29, 1.82) is 0 Å². The van der Waals surface area contributed by atoms with Crippen LogP contribution >= 0.6 is 0 Å². The average Bonchev–Trinajstić information content (AvgIpc) is 2.72. The molecule has 0 spiro atoms. The van der Waals surface area contributed by atoms with Gasteiger partial charge in [0.25, 0.3) is 0 Å². The lowest BCUT2D eigenvalue weighted by Gasteiger charge is -2.30. The number of ether oxygens (including phenoxy) is 1. The Kier molecular flexibility index (Phi) is 5.84. The van der Waals surface area contributed by atoms with Gasteiger partial charge in [0, 0.05) is 30.6 Å². The number of hydrogen-bond acceptors (Lipinski definition) is 3. The first-order valence-corrected chi connectivity index (χ1v) is 8.87. The van der Waals surface area contributed by atoms with Crippen LogP contribution in [0.15, 0.2) is 60.7 Å². The summed E-state index contributed by atoms with van der Waals surface area (Å²) in [6.07, 6.45) is 4.82. The summed E-state index contributed by atoms with van der Waals surface area (Å²) in [6, 6.07) is 17.0. The Bertz CT molecular complexity index is 790. The van der Waals surface area contributed by atoms with Gasteiger partial charge in [0.2, 0.25) is 5.91 Å². The van der Waals surface area contributed by atoms with Crippen molar-refractivity contribution >= 4 is 17.8 Å². The molecule has 1 aliphatic heterocycles. The molecule has 1 amide bonds. The van der Waals surface area contributed by atoms with Gasteiger partial charge in [-0.15, -0.1) is 0 Å². The molecule has 0 radical (unpaired) electrons. The number of amides is 1. The summed E-state index contributed by atoms with van der Waals surface area (Å²) < 4.78 is 5.19. The van der Waals surface area contributed by atoms with E-state index in [9.17, 15) is 9.59 Å². The van der Waals surface area contributed by atoms with Crippen molar-refractivity contribution in [2.75, 3.05) is 20.2 Å². The molecule has 0 aromatic heterocycles. The lowest BCUT2D eigenvalue weighted by Crippen LogP contribution is -2.39. The number of methoxy groups -OCH3 is 1. The smallest absolute Gasteiger partial charge is 0.246 e. The quantitative estimate of drug-likeness (QED) is 0.609. The number of hydrogen-bond donors (Lipinski definition) is 0. The first kappa shape index (κ1) is 17.9. The minimum absolute atomic E-state index is 0.00353. The Hall–Kier alpha value is -2.88. The van der Waals surface area contributed by atoms with Gasteiger partial charge >= 0.3 is 0 Å². The molecule has 0 atom stereocenters. The molecule has 2 aromatic carbocycles. The zero-order valence-corrected chi connectivity index (χ0v) is 14.9. The van der Waals surface area contributed by atoms with Gasteiger partial charge in [-0.3, -0.25) is 9.59 Å². The molecule has 4 nitrogen and oxygen atoms in total. The molecule has 1 fully saturated rings. The number of piperidine rings is 1. The fourth-order valence-electron chi connectivity index (χ4n) is 3.22. The standard InChI is InChI=1S/C22H23NO3/c1-26-20-9-5-6-17(16-20)10-11-21(24)23-14-12-19(13-15-23)22(25)18-7-3-2-4-8-18/h2-11,16,19H,12-15H2,1H3/b11-10+. The predicted octanol–water partition coefficient (Wildman–Crippen LogP) is 3.83. The van der Waals surface area contributed by atoms with Crippen LogP contribution in [0.3, 0.4) is 0 Å². The van der Waals surface area contributed by atoms with Crippen molar-refractivity contribution in [3.63, 3.8) is 0 Å². The van der Waals surface area contributed by atoms with Crippen LogP contribution in [-0.2, 0) is 4.79 Å². The largest absolute Gasteiger partial charge is 0.497 e. The third kappa shape index (κ3) is 4.39. The van der Waals surface area contributed by atoms with Gasteiger partial charge in [0.15, 0.2) is 5.78 Å². The summed E-state index contributed by atoms with van der Waals surface area (Å²) in [5.41, 5.74) is 1.68. The molecule has 1 saturated heterocycles. The van der Waals surface area contributed by atoms with E-state index in [0.29, 0.717) is 25.9 Å². The lowest BCUT2D eigenvalue weighted by atomic mass is 9.89. The molecule has 0 N–H and O–H groups in total. The van der Waals surface area contributed by atoms with E-state index in [1.54, 1.807) is 19.3 Å². The molecule has 0 aliphatic carbocycles. The van der Waals surface area contributed by atoms with Gasteiger partial charge < -0.3 is 9.64 Å². The molecule has 134 valence electrons. The number of likely N-dealkylation sites (tertiary alicyclic amines) is 1. The fourth-order valence-corrected chi connectivity index (χ4v) is 3.22. The Morgan fingerprint density at radius 1 is 1.04 bits per heavy atom. The molecule has 2 aromatic rings. The number of carbonyl (C=O) groups excluding carboxylic acids is 2. The van der Waals surface area contributed by atoms with Crippen molar-refractivity contribution in [3.05, 3.63) is 71.8 Å². The van der Waals surface area contributed by atoms with Crippen LogP contribution in [0.25, 0.3) is 6.08 Å². The molecule has 26 heavy (non-hydrogen) atoms. The van der Waals surface area contributed by atoms with Crippen LogP contribution in [0.2, 0.25) is 0 Å². The Balaban J connectivity index is 1.55.